The van der Waals surface area contributed by atoms with Crippen LogP contribution in [0.15, 0.2) is 47.4 Å². The molecule has 0 aliphatic carbocycles. The van der Waals surface area contributed by atoms with Gasteiger partial charge in [-0.1, -0.05) is 17.7 Å². The maximum absolute atomic E-state index is 13.7. The number of anilines is 1. The molecular formula is C20H23F2N3O3S. The van der Waals surface area contributed by atoms with Gasteiger partial charge in [0.2, 0.25) is 15.9 Å². The van der Waals surface area contributed by atoms with E-state index in [-0.39, 0.29) is 23.7 Å². The van der Waals surface area contributed by atoms with E-state index in [1.807, 2.05) is 11.8 Å². The molecule has 1 N–H and O–H groups in total. The number of sulfonamides is 1. The van der Waals surface area contributed by atoms with Gasteiger partial charge in [0.15, 0.2) is 0 Å². The lowest BCUT2D eigenvalue weighted by Crippen LogP contribution is -2.53. The molecule has 1 atom stereocenters. The first-order valence-corrected chi connectivity index (χ1v) is 10.7. The molecule has 29 heavy (non-hydrogen) atoms. The van der Waals surface area contributed by atoms with Gasteiger partial charge < -0.3 is 5.32 Å². The summed E-state index contributed by atoms with van der Waals surface area (Å²) in [5, 5.41) is 2.45. The van der Waals surface area contributed by atoms with Crippen molar-refractivity contribution < 1.29 is 22.0 Å². The number of carbonyl (C=O) groups excluding carboxylic acids is 1. The van der Waals surface area contributed by atoms with E-state index in [9.17, 15) is 22.0 Å². The minimum absolute atomic E-state index is 0.0937. The van der Waals surface area contributed by atoms with Gasteiger partial charge in [-0.3, -0.25) is 9.69 Å². The fourth-order valence-electron chi connectivity index (χ4n) is 3.18. The largest absolute Gasteiger partial charge is 0.322 e. The van der Waals surface area contributed by atoms with Crippen LogP contribution in [0.4, 0.5) is 14.5 Å². The van der Waals surface area contributed by atoms with Crippen molar-refractivity contribution in [1.82, 2.24) is 9.21 Å². The molecule has 6 nitrogen and oxygen atoms in total. The van der Waals surface area contributed by atoms with Crippen molar-refractivity contribution in [2.24, 2.45) is 0 Å². The lowest BCUT2D eigenvalue weighted by Gasteiger charge is -2.36. The minimum Gasteiger partial charge on any atom is -0.322 e. The summed E-state index contributed by atoms with van der Waals surface area (Å²) >= 11 is 0. The molecule has 156 valence electrons. The van der Waals surface area contributed by atoms with Gasteiger partial charge in [-0.25, -0.2) is 17.2 Å². The highest BCUT2D eigenvalue weighted by Crippen LogP contribution is 2.20. The maximum atomic E-state index is 13.7. The Hall–Kier alpha value is -2.36. The van der Waals surface area contributed by atoms with E-state index in [0.717, 1.165) is 11.6 Å². The highest BCUT2D eigenvalue weighted by Gasteiger charge is 2.32. The van der Waals surface area contributed by atoms with Gasteiger partial charge in [-0.15, -0.1) is 0 Å². The third-order valence-corrected chi connectivity index (χ3v) is 6.96. The summed E-state index contributed by atoms with van der Waals surface area (Å²) in [6.07, 6.45) is 0. The molecule has 1 unspecified atom stereocenters. The van der Waals surface area contributed by atoms with Crippen LogP contribution in [0.2, 0.25) is 0 Å². The Morgan fingerprint density at radius 1 is 1.03 bits per heavy atom. The van der Waals surface area contributed by atoms with E-state index in [1.165, 1.54) is 10.4 Å². The number of halogens is 2. The van der Waals surface area contributed by atoms with Crippen molar-refractivity contribution >= 4 is 21.6 Å². The second kappa shape index (κ2) is 8.56. The number of rotatable bonds is 5. The first-order chi connectivity index (χ1) is 13.7. The molecule has 1 heterocycles. The second-order valence-corrected chi connectivity index (χ2v) is 8.98. The number of nitrogens with one attached hydrogen (secondary N) is 1. The summed E-state index contributed by atoms with van der Waals surface area (Å²) < 4.78 is 53.7. The minimum atomic E-state index is -3.59. The van der Waals surface area contributed by atoms with Gasteiger partial charge in [0.25, 0.3) is 0 Å². The molecular weight excluding hydrogens is 400 g/mol. The number of nitrogens with zero attached hydrogens (tertiary/aromatic N) is 2. The molecule has 0 spiro atoms. The van der Waals surface area contributed by atoms with Crippen LogP contribution >= 0.6 is 0 Å². The lowest BCUT2D eigenvalue weighted by molar-refractivity contribution is -0.121. The molecule has 1 aliphatic heterocycles. The van der Waals surface area contributed by atoms with Crippen LogP contribution in [-0.2, 0) is 14.8 Å². The molecule has 0 aromatic heterocycles. The zero-order valence-electron chi connectivity index (χ0n) is 16.2. The fraction of sp³-hybridized carbons (Fsp3) is 0.350. The number of carbonyl (C=O) groups is 1. The van der Waals surface area contributed by atoms with Gasteiger partial charge in [0, 0.05) is 32.2 Å². The Morgan fingerprint density at radius 3 is 2.24 bits per heavy atom. The quantitative estimate of drug-likeness (QED) is 0.803. The summed E-state index contributed by atoms with van der Waals surface area (Å²) in [6.45, 7) is 4.79. The summed E-state index contributed by atoms with van der Waals surface area (Å²) in [7, 11) is -3.59. The predicted molar refractivity (Wildman–Crippen MR) is 106 cm³/mol. The molecule has 1 aliphatic rings. The summed E-state index contributed by atoms with van der Waals surface area (Å²) in [4.78, 5) is 14.5. The van der Waals surface area contributed by atoms with Gasteiger partial charge in [0.05, 0.1) is 16.6 Å². The molecule has 3 rings (SSSR count). The highest BCUT2D eigenvalue weighted by molar-refractivity contribution is 7.89. The van der Waals surface area contributed by atoms with Crippen LogP contribution in [0, 0.1) is 18.6 Å². The fourth-order valence-corrected chi connectivity index (χ4v) is 4.61. The van der Waals surface area contributed by atoms with Crippen LogP contribution in [0.1, 0.15) is 12.5 Å². The molecule has 0 radical (unpaired) electrons. The topological polar surface area (TPSA) is 69.7 Å². The lowest BCUT2D eigenvalue weighted by atomic mass is 10.2. The van der Waals surface area contributed by atoms with E-state index >= 15 is 0 Å². The monoisotopic (exact) mass is 423 g/mol. The first kappa shape index (κ1) is 21.4. The molecule has 2 aromatic rings. The van der Waals surface area contributed by atoms with Crippen LogP contribution in [0.25, 0.3) is 0 Å². The Labute approximate surface area is 169 Å². The van der Waals surface area contributed by atoms with Crippen LogP contribution < -0.4 is 5.32 Å². The van der Waals surface area contributed by atoms with Crippen molar-refractivity contribution in [3.05, 3.63) is 59.7 Å². The van der Waals surface area contributed by atoms with Crippen molar-refractivity contribution in [3.63, 3.8) is 0 Å². The molecule has 1 saturated heterocycles. The number of aryl methyl sites for hydroxylation is 1. The van der Waals surface area contributed by atoms with Crippen molar-refractivity contribution in [2.45, 2.75) is 24.8 Å². The maximum Gasteiger partial charge on any atom is 0.243 e. The molecule has 1 fully saturated rings. The van der Waals surface area contributed by atoms with E-state index in [4.69, 9.17) is 0 Å². The molecule has 0 bridgehead atoms. The zero-order valence-corrected chi connectivity index (χ0v) is 17.0. The van der Waals surface area contributed by atoms with Crippen LogP contribution in [0.5, 0.6) is 0 Å². The zero-order chi connectivity index (χ0) is 21.2. The highest BCUT2D eigenvalue weighted by atomic mass is 32.2. The number of amides is 1. The third kappa shape index (κ3) is 4.80. The normalized spacial score (nSPS) is 17.1. The Bertz CT molecular complexity index is 989. The molecule has 2 aromatic carbocycles. The average molecular weight is 423 g/mol. The summed E-state index contributed by atoms with van der Waals surface area (Å²) in [5.74, 6) is -2.01. The van der Waals surface area contributed by atoms with E-state index < -0.39 is 33.6 Å². The van der Waals surface area contributed by atoms with Gasteiger partial charge in [-0.05, 0) is 38.1 Å². The number of piperazine rings is 1. The van der Waals surface area contributed by atoms with Crippen molar-refractivity contribution in [3.8, 4) is 0 Å². The van der Waals surface area contributed by atoms with Gasteiger partial charge >= 0.3 is 0 Å². The smallest absolute Gasteiger partial charge is 0.243 e. The number of hydrogen-bond acceptors (Lipinski definition) is 4. The Kier molecular flexibility index (Phi) is 6.30. The van der Waals surface area contributed by atoms with Gasteiger partial charge in [-0.2, -0.15) is 4.31 Å². The SMILES string of the molecule is Cc1ccc(S(=O)(=O)N2CCN(C(C)C(=O)Nc3ccc(F)cc3F)CC2)cc1. The van der Waals surface area contributed by atoms with Crippen LogP contribution in [0.3, 0.4) is 0 Å². The van der Waals surface area contributed by atoms with Gasteiger partial charge in [0.1, 0.15) is 11.6 Å². The van der Waals surface area contributed by atoms with Crippen molar-refractivity contribution in [2.75, 3.05) is 31.5 Å². The average Bonchev–Trinajstić information content (AvgIpc) is 2.70. The summed E-state index contributed by atoms with van der Waals surface area (Å²) in [6, 6.07) is 9.03. The Balaban J connectivity index is 1.60. The number of hydrogen-bond donors (Lipinski definition) is 1. The predicted octanol–water partition coefficient (Wildman–Crippen LogP) is 2.61. The molecule has 1 amide bonds. The first-order valence-electron chi connectivity index (χ1n) is 9.25. The third-order valence-electron chi connectivity index (χ3n) is 5.05. The van der Waals surface area contributed by atoms with E-state index in [1.54, 1.807) is 31.2 Å². The van der Waals surface area contributed by atoms with E-state index in [0.29, 0.717) is 19.2 Å². The second-order valence-electron chi connectivity index (χ2n) is 7.04. The van der Waals surface area contributed by atoms with E-state index in [2.05, 4.69) is 5.32 Å². The molecule has 9 heteroatoms. The Morgan fingerprint density at radius 2 is 1.66 bits per heavy atom. The molecule has 0 saturated carbocycles. The number of benzene rings is 2. The standard InChI is InChI=1S/C20H23F2N3O3S/c1-14-3-6-17(7-4-14)29(27,28)25-11-9-24(10-12-25)15(2)20(26)23-19-8-5-16(21)13-18(19)22/h3-8,13,15H,9-12H2,1-2H3,(H,23,26). The summed E-state index contributed by atoms with van der Waals surface area (Å²) in [5.41, 5.74) is 0.884. The van der Waals surface area contributed by atoms with Crippen molar-refractivity contribution in [1.29, 1.82) is 0 Å². The van der Waals surface area contributed by atoms with Crippen LogP contribution in [-0.4, -0.2) is 55.8 Å².